The number of alkyl halides is 3. The summed E-state index contributed by atoms with van der Waals surface area (Å²) >= 11 is 0. The predicted molar refractivity (Wildman–Crippen MR) is 95.0 cm³/mol. The Labute approximate surface area is 159 Å². The van der Waals surface area contributed by atoms with E-state index in [9.17, 15) is 26.7 Å². The molecule has 0 bridgehead atoms. The van der Waals surface area contributed by atoms with Crippen molar-refractivity contribution in [2.75, 3.05) is 11.9 Å². The Balaban J connectivity index is 0.00000364. The molecule has 1 atom stereocenters. The highest BCUT2D eigenvalue weighted by Crippen LogP contribution is 2.25. The number of anilines is 1. The molecule has 4 nitrogen and oxygen atoms in total. The van der Waals surface area contributed by atoms with Gasteiger partial charge in [0.15, 0.2) is 0 Å². The molecule has 0 spiro atoms. The molecule has 2 aromatic rings. The van der Waals surface area contributed by atoms with E-state index in [4.69, 9.17) is 5.73 Å². The van der Waals surface area contributed by atoms with Gasteiger partial charge in [0.05, 0.1) is 6.04 Å². The van der Waals surface area contributed by atoms with Crippen LogP contribution < -0.4 is 15.4 Å². The molecule has 2 aromatic carbocycles. The first-order valence-corrected chi connectivity index (χ1v) is 7.39. The zero-order valence-electron chi connectivity index (χ0n) is 14.1. The number of nitrogens with two attached hydrogens (primary N) is 1. The SMILES string of the molecule is CN(C(=O)[C@@H](N)Cc1cc(F)cc(F)c1)c1ccc(OC(F)(F)F)cc1.S. The molecule has 0 radical (unpaired) electrons. The van der Waals surface area contributed by atoms with Gasteiger partial charge in [-0.1, -0.05) is 0 Å². The lowest BCUT2D eigenvalue weighted by atomic mass is 10.0. The van der Waals surface area contributed by atoms with Crippen LogP contribution in [0.1, 0.15) is 5.56 Å². The summed E-state index contributed by atoms with van der Waals surface area (Å²) in [7, 11) is 1.38. The van der Waals surface area contributed by atoms with Crippen molar-refractivity contribution >= 4 is 25.1 Å². The van der Waals surface area contributed by atoms with E-state index in [0.717, 1.165) is 29.2 Å². The number of likely N-dealkylation sites (N-methyl/N-ethyl adjacent to an activating group) is 1. The van der Waals surface area contributed by atoms with Gasteiger partial charge in [0.2, 0.25) is 5.91 Å². The summed E-state index contributed by atoms with van der Waals surface area (Å²) in [5, 5.41) is 0. The molecule has 27 heavy (non-hydrogen) atoms. The summed E-state index contributed by atoms with van der Waals surface area (Å²) in [6.07, 6.45) is -4.92. The molecular weight excluding hydrogens is 391 g/mol. The summed E-state index contributed by atoms with van der Waals surface area (Å²) in [6, 6.07) is 6.38. The molecule has 0 saturated heterocycles. The summed E-state index contributed by atoms with van der Waals surface area (Å²) in [6.45, 7) is 0. The van der Waals surface area contributed by atoms with Gasteiger partial charge in [-0.3, -0.25) is 4.79 Å². The van der Waals surface area contributed by atoms with Crippen LogP contribution in [0.4, 0.5) is 27.6 Å². The van der Waals surface area contributed by atoms with E-state index in [1.54, 1.807) is 0 Å². The Morgan fingerprint density at radius 3 is 2.11 bits per heavy atom. The Hall–Kier alpha value is -2.33. The Bertz CT molecular complexity index is 764. The number of hydrogen-bond donors (Lipinski definition) is 1. The van der Waals surface area contributed by atoms with Crippen molar-refractivity contribution in [2.24, 2.45) is 5.73 Å². The highest BCUT2D eigenvalue weighted by Gasteiger charge is 2.31. The van der Waals surface area contributed by atoms with Crippen LogP contribution in [-0.2, 0) is 11.2 Å². The fourth-order valence-electron chi connectivity index (χ4n) is 2.32. The zero-order valence-corrected chi connectivity index (χ0v) is 15.1. The molecule has 2 rings (SSSR count). The van der Waals surface area contributed by atoms with Crippen molar-refractivity contribution in [1.29, 1.82) is 0 Å². The third-order valence-corrected chi connectivity index (χ3v) is 3.48. The molecule has 148 valence electrons. The average molecular weight is 408 g/mol. The fourth-order valence-corrected chi connectivity index (χ4v) is 2.32. The zero-order chi connectivity index (χ0) is 19.5. The van der Waals surface area contributed by atoms with Gasteiger partial charge >= 0.3 is 6.36 Å². The van der Waals surface area contributed by atoms with E-state index in [-0.39, 0.29) is 31.2 Å². The number of ether oxygens (including phenoxy) is 1. The third-order valence-electron chi connectivity index (χ3n) is 3.48. The van der Waals surface area contributed by atoms with Gasteiger partial charge < -0.3 is 15.4 Å². The first-order chi connectivity index (χ1) is 12.0. The highest BCUT2D eigenvalue weighted by molar-refractivity contribution is 7.59. The molecule has 0 aliphatic carbocycles. The van der Waals surface area contributed by atoms with Crippen LogP contribution in [0.25, 0.3) is 0 Å². The van der Waals surface area contributed by atoms with Crippen LogP contribution in [-0.4, -0.2) is 25.4 Å². The van der Waals surface area contributed by atoms with E-state index in [2.05, 4.69) is 4.74 Å². The van der Waals surface area contributed by atoms with Gasteiger partial charge in [-0.25, -0.2) is 8.78 Å². The lowest BCUT2D eigenvalue weighted by Gasteiger charge is -2.22. The molecule has 0 fully saturated rings. The van der Waals surface area contributed by atoms with Crippen molar-refractivity contribution in [1.82, 2.24) is 0 Å². The number of nitrogens with zero attached hydrogens (tertiary/aromatic N) is 1. The van der Waals surface area contributed by atoms with Crippen LogP contribution in [0.3, 0.4) is 0 Å². The van der Waals surface area contributed by atoms with Crippen LogP contribution >= 0.6 is 13.5 Å². The van der Waals surface area contributed by atoms with Crippen LogP contribution in [0.2, 0.25) is 0 Å². The van der Waals surface area contributed by atoms with Crippen molar-refractivity contribution in [3.8, 4) is 5.75 Å². The summed E-state index contributed by atoms with van der Waals surface area (Å²) < 4.78 is 66.6. The van der Waals surface area contributed by atoms with Gasteiger partial charge in [0.25, 0.3) is 0 Å². The van der Waals surface area contributed by atoms with Crippen molar-refractivity contribution in [2.45, 2.75) is 18.8 Å². The molecule has 2 N–H and O–H groups in total. The van der Waals surface area contributed by atoms with E-state index in [1.807, 2.05) is 0 Å². The minimum Gasteiger partial charge on any atom is -0.406 e. The average Bonchev–Trinajstić information content (AvgIpc) is 2.51. The first kappa shape index (κ1) is 22.7. The van der Waals surface area contributed by atoms with E-state index >= 15 is 0 Å². The quantitative estimate of drug-likeness (QED) is 0.771. The van der Waals surface area contributed by atoms with Gasteiger partial charge in [0, 0.05) is 18.8 Å². The molecular formula is C17H17F5N2O2S. The minimum absolute atomic E-state index is 0. The molecule has 1 amide bonds. The molecule has 0 aliphatic rings. The largest absolute Gasteiger partial charge is 0.573 e. The van der Waals surface area contributed by atoms with Gasteiger partial charge in [0.1, 0.15) is 17.4 Å². The molecule has 0 heterocycles. The fraction of sp³-hybridized carbons (Fsp3) is 0.235. The number of carbonyl (C=O) groups excluding carboxylic acids is 1. The monoisotopic (exact) mass is 408 g/mol. The molecule has 10 heteroatoms. The molecule has 0 saturated carbocycles. The Morgan fingerprint density at radius 2 is 1.63 bits per heavy atom. The van der Waals surface area contributed by atoms with E-state index in [1.165, 1.54) is 19.2 Å². The minimum atomic E-state index is -4.81. The molecule has 0 aliphatic heterocycles. The van der Waals surface area contributed by atoms with Crippen LogP contribution in [0, 0.1) is 11.6 Å². The van der Waals surface area contributed by atoms with Crippen molar-refractivity contribution < 1.29 is 31.5 Å². The number of amides is 1. The second-order valence-corrected chi connectivity index (χ2v) is 5.53. The van der Waals surface area contributed by atoms with Crippen LogP contribution in [0.5, 0.6) is 5.75 Å². The second kappa shape index (κ2) is 9.05. The van der Waals surface area contributed by atoms with E-state index in [0.29, 0.717) is 6.07 Å². The Morgan fingerprint density at radius 1 is 1.11 bits per heavy atom. The Kier molecular flexibility index (Phi) is 7.61. The molecule has 0 unspecified atom stereocenters. The van der Waals surface area contributed by atoms with Crippen LogP contribution in [0.15, 0.2) is 42.5 Å². The van der Waals surface area contributed by atoms with Gasteiger partial charge in [-0.2, -0.15) is 13.5 Å². The maximum Gasteiger partial charge on any atom is 0.573 e. The van der Waals surface area contributed by atoms with Gasteiger partial charge in [-0.05, 0) is 48.4 Å². The predicted octanol–water partition coefficient (Wildman–Crippen LogP) is 3.51. The van der Waals surface area contributed by atoms with Gasteiger partial charge in [-0.15, -0.1) is 13.2 Å². The number of benzene rings is 2. The van der Waals surface area contributed by atoms with Crippen molar-refractivity contribution in [3.63, 3.8) is 0 Å². The summed E-state index contributed by atoms with van der Waals surface area (Å²) in [4.78, 5) is 13.5. The summed E-state index contributed by atoms with van der Waals surface area (Å²) in [5.74, 6) is -2.57. The number of hydrogen-bond acceptors (Lipinski definition) is 3. The lowest BCUT2D eigenvalue weighted by Crippen LogP contribution is -2.43. The summed E-state index contributed by atoms with van der Waals surface area (Å²) in [5.41, 5.74) is 6.29. The maximum atomic E-state index is 13.2. The third kappa shape index (κ3) is 6.72. The maximum absolute atomic E-state index is 13.2. The molecule has 0 aromatic heterocycles. The lowest BCUT2D eigenvalue weighted by molar-refractivity contribution is -0.274. The second-order valence-electron chi connectivity index (χ2n) is 5.53. The number of rotatable bonds is 5. The number of carbonyl (C=O) groups is 1. The van der Waals surface area contributed by atoms with E-state index < -0.39 is 35.7 Å². The topological polar surface area (TPSA) is 55.6 Å². The smallest absolute Gasteiger partial charge is 0.406 e. The number of halogens is 5. The highest BCUT2D eigenvalue weighted by atomic mass is 32.1. The normalized spacial score (nSPS) is 12.1. The van der Waals surface area contributed by atoms with Crippen molar-refractivity contribution in [3.05, 3.63) is 59.7 Å². The first-order valence-electron chi connectivity index (χ1n) is 7.39. The standard InChI is InChI=1S/C17H15F5N2O2.H2S/c1-24(13-2-4-14(5-3-13)26-17(20,21)22)16(25)15(23)8-10-6-11(18)9-12(19)7-10;/h2-7,9,15H,8,23H2,1H3;1H2/t15-;/m0./s1.